The van der Waals surface area contributed by atoms with Gasteiger partial charge in [-0.2, -0.15) is 0 Å². The summed E-state index contributed by atoms with van der Waals surface area (Å²) in [6.07, 6.45) is 2.51. The van der Waals surface area contributed by atoms with Crippen LogP contribution in [-0.4, -0.2) is 74.0 Å². The molecule has 8 nitrogen and oxygen atoms in total. The van der Waals surface area contributed by atoms with Gasteiger partial charge in [0.2, 0.25) is 0 Å². The van der Waals surface area contributed by atoms with Crippen LogP contribution in [-0.2, 0) is 17.8 Å². The summed E-state index contributed by atoms with van der Waals surface area (Å²) in [5.74, 6) is 1.84. The van der Waals surface area contributed by atoms with E-state index in [9.17, 15) is 0 Å². The van der Waals surface area contributed by atoms with E-state index in [1.807, 2.05) is 18.2 Å². The Hall–Kier alpha value is -1.85. The van der Waals surface area contributed by atoms with Gasteiger partial charge in [-0.15, -0.1) is 24.0 Å². The number of rotatable bonds is 10. The molecule has 0 bridgehead atoms. The van der Waals surface area contributed by atoms with E-state index in [0.717, 1.165) is 68.7 Å². The minimum atomic E-state index is 0. The van der Waals surface area contributed by atoms with E-state index < -0.39 is 0 Å². The molecule has 9 heteroatoms. The van der Waals surface area contributed by atoms with Crippen molar-refractivity contribution in [1.29, 1.82) is 0 Å². The maximum atomic E-state index is 5.80. The number of hydrogen-bond acceptors (Lipinski definition) is 6. The number of ether oxygens (including phenoxy) is 2. The van der Waals surface area contributed by atoms with Gasteiger partial charge in [0.25, 0.3) is 0 Å². The zero-order chi connectivity index (χ0) is 21.0. The molecule has 1 N–H and O–H groups in total. The Labute approximate surface area is 202 Å². The summed E-state index contributed by atoms with van der Waals surface area (Å²) < 4.78 is 15.8. The maximum Gasteiger partial charge on any atom is 0.194 e. The number of nitrogens with zero attached hydrogens (tertiary/aromatic N) is 4. The minimum absolute atomic E-state index is 0. The standard InChI is InChI=1S/C22H33N5O3.HI/c1-3-23-22(27-11-9-26(10-12-27)18-20-8-15-30-25-20)24-17-19-6-4-7-21(16-19)29-14-5-13-28-2;/h4,6-8,15-16H,3,5,9-14,17-18H2,1-2H3,(H,23,24);1H. The van der Waals surface area contributed by atoms with Crippen LogP contribution in [0.2, 0.25) is 0 Å². The second-order valence-corrected chi connectivity index (χ2v) is 7.27. The van der Waals surface area contributed by atoms with Crippen molar-refractivity contribution in [2.45, 2.75) is 26.4 Å². The predicted octanol–water partition coefficient (Wildman–Crippen LogP) is 2.99. The summed E-state index contributed by atoms with van der Waals surface area (Å²) in [6, 6.07) is 10.1. The minimum Gasteiger partial charge on any atom is -0.493 e. The number of piperazine rings is 1. The number of guanidine groups is 1. The molecule has 0 spiro atoms. The molecule has 0 amide bonds. The van der Waals surface area contributed by atoms with Crippen LogP contribution in [0, 0.1) is 0 Å². The summed E-state index contributed by atoms with van der Waals surface area (Å²) in [7, 11) is 1.71. The first kappa shape index (κ1) is 25.4. The van der Waals surface area contributed by atoms with Crippen molar-refractivity contribution in [2.75, 3.05) is 53.0 Å². The molecule has 3 rings (SSSR count). The number of benzene rings is 1. The molecule has 1 aromatic carbocycles. The fourth-order valence-electron chi connectivity index (χ4n) is 3.38. The van der Waals surface area contributed by atoms with Crippen LogP contribution in [0.5, 0.6) is 5.75 Å². The second-order valence-electron chi connectivity index (χ2n) is 7.27. The summed E-state index contributed by atoms with van der Waals surface area (Å²) in [4.78, 5) is 9.59. The highest BCUT2D eigenvalue weighted by Gasteiger charge is 2.20. The van der Waals surface area contributed by atoms with E-state index in [0.29, 0.717) is 19.8 Å². The Balaban J connectivity index is 0.00000341. The molecule has 0 unspecified atom stereocenters. The van der Waals surface area contributed by atoms with E-state index in [2.05, 4.69) is 39.3 Å². The maximum absolute atomic E-state index is 5.80. The molecule has 0 radical (unpaired) electrons. The SMILES string of the molecule is CCNC(=NCc1cccc(OCCCOC)c1)N1CCN(Cc2ccon2)CC1.I. The number of methoxy groups -OCH3 is 1. The molecule has 1 aliphatic rings. The molecule has 0 atom stereocenters. The monoisotopic (exact) mass is 543 g/mol. The van der Waals surface area contributed by atoms with Crippen molar-refractivity contribution < 1.29 is 14.0 Å². The van der Waals surface area contributed by atoms with Gasteiger partial charge >= 0.3 is 0 Å². The number of aliphatic imine (C=N–C) groups is 1. The van der Waals surface area contributed by atoms with Gasteiger partial charge < -0.3 is 24.2 Å². The highest BCUT2D eigenvalue weighted by Crippen LogP contribution is 2.15. The molecule has 1 saturated heterocycles. The lowest BCUT2D eigenvalue weighted by molar-refractivity contribution is 0.169. The molecular formula is C22H34IN5O3. The van der Waals surface area contributed by atoms with Gasteiger partial charge in [0, 0.05) is 65.5 Å². The second kappa shape index (κ2) is 14.3. The van der Waals surface area contributed by atoms with Crippen LogP contribution in [0.1, 0.15) is 24.6 Å². The van der Waals surface area contributed by atoms with Crippen LogP contribution in [0.4, 0.5) is 0 Å². The van der Waals surface area contributed by atoms with Crippen LogP contribution < -0.4 is 10.1 Å². The average Bonchev–Trinajstić information content (AvgIpc) is 3.28. The first-order valence-electron chi connectivity index (χ1n) is 10.6. The molecule has 0 saturated carbocycles. The molecular weight excluding hydrogens is 509 g/mol. The molecule has 2 aromatic rings. The van der Waals surface area contributed by atoms with Crippen LogP contribution in [0.15, 0.2) is 46.1 Å². The van der Waals surface area contributed by atoms with Gasteiger partial charge in [0.1, 0.15) is 12.0 Å². The van der Waals surface area contributed by atoms with Crippen molar-refractivity contribution in [3.8, 4) is 5.75 Å². The lowest BCUT2D eigenvalue weighted by atomic mass is 10.2. The van der Waals surface area contributed by atoms with Gasteiger partial charge in [0.05, 0.1) is 18.8 Å². The largest absolute Gasteiger partial charge is 0.493 e. The molecule has 1 aliphatic heterocycles. The first-order chi connectivity index (χ1) is 14.8. The molecule has 1 fully saturated rings. The lowest BCUT2D eigenvalue weighted by Gasteiger charge is -2.36. The van der Waals surface area contributed by atoms with E-state index >= 15 is 0 Å². The van der Waals surface area contributed by atoms with Crippen molar-refractivity contribution in [3.05, 3.63) is 47.9 Å². The van der Waals surface area contributed by atoms with Gasteiger partial charge in [-0.05, 0) is 24.6 Å². The normalized spacial score (nSPS) is 14.9. The summed E-state index contributed by atoms with van der Waals surface area (Å²) in [6.45, 7) is 9.59. The molecule has 31 heavy (non-hydrogen) atoms. The Morgan fingerprint density at radius 2 is 2.03 bits per heavy atom. The van der Waals surface area contributed by atoms with Gasteiger partial charge in [-0.3, -0.25) is 4.90 Å². The van der Waals surface area contributed by atoms with Crippen molar-refractivity contribution in [2.24, 2.45) is 4.99 Å². The Morgan fingerprint density at radius 3 is 2.74 bits per heavy atom. The van der Waals surface area contributed by atoms with E-state index in [1.165, 1.54) is 0 Å². The van der Waals surface area contributed by atoms with Gasteiger partial charge in [-0.1, -0.05) is 17.3 Å². The van der Waals surface area contributed by atoms with Crippen LogP contribution >= 0.6 is 24.0 Å². The quantitative estimate of drug-likeness (QED) is 0.214. The fourth-order valence-corrected chi connectivity index (χ4v) is 3.38. The third-order valence-corrected chi connectivity index (χ3v) is 4.95. The summed E-state index contributed by atoms with van der Waals surface area (Å²) in [5.41, 5.74) is 2.12. The zero-order valence-electron chi connectivity index (χ0n) is 18.5. The smallest absolute Gasteiger partial charge is 0.194 e. The number of hydrogen-bond donors (Lipinski definition) is 1. The van der Waals surface area contributed by atoms with Crippen molar-refractivity contribution in [3.63, 3.8) is 0 Å². The topological polar surface area (TPSA) is 75.4 Å². The average molecular weight is 543 g/mol. The first-order valence-corrected chi connectivity index (χ1v) is 10.6. The molecule has 0 aliphatic carbocycles. The van der Waals surface area contributed by atoms with Crippen molar-refractivity contribution in [1.82, 2.24) is 20.3 Å². The highest BCUT2D eigenvalue weighted by molar-refractivity contribution is 14.0. The van der Waals surface area contributed by atoms with Crippen molar-refractivity contribution >= 4 is 29.9 Å². The Morgan fingerprint density at radius 1 is 1.19 bits per heavy atom. The highest BCUT2D eigenvalue weighted by atomic mass is 127. The number of halogens is 1. The molecule has 2 heterocycles. The van der Waals surface area contributed by atoms with E-state index in [4.69, 9.17) is 19.0 Å². The molecule has 172 valence electrons. The van der Waals surface area contributed by atoms with Gasteiger partial charge in [0.15, 0.2) is 5.96 Å². The third kappa shape index (κ3) is 8.66. The third-order valence-electron chi connectivity index (χ3n) is 4.95. The predicted molar refractivity (Wildman–Crippen MR) is 132 cm³/mol. The van der Waals surface area contributed by atoms with Crippen LogP contribution in [0.3, 0.4) is 0 Å². The van der Waals surface area contributed by atoms with Crippen LogP contribution in [0.25, 0.3) is 0 Å². The number of aromatic nitrogens is 1. The summed E-state index contributed by atoms with van der Waals surface area (Å²) in [5, 5.41) is 7.44. The Kier molecular flexibility index (Phi) is 11.7. The summed E-state index contributed by atoms with van der Waals surface area (Å²) >= 11 is 0. The number of nitrogens with one attached hydrogen (secondary N) is 1. The Bertz CT molecular complexity index is 764. The van der Waals surface area contributed by atoms with E-state index in [1.54, 1.807) is 13.4 Å². The fraction of sp³-hybridized carbons (Fsp3) is 0.545. The molecule has 1 aromatic heterocycles. The lowest BCUT2D eigenvalue weighted by Crippen LogP contribution is -2.52. The van der Waals surface area contributed by atoms with Gasteiger partial charge in [-0.25, -0.2) is 4.99 Å². The zero-order valence-corrected chi connectivity index (χ0v) is 20.8. The van der Waals surface area contributed by atoms with E-state index in [-0.39, 0.29) is 24.0 Å².